The maximum atomic E-state index is 13.5. The summed E-state index contributed by atoms with van der Waals surface area (Å²) in [6, 6.07) is 10.2. The number of hydrazine groups is 1. The fraction of sp³-hybridized carbons (Fsp3) is 0.472. The SMILES string of the molecule is C=C(NC1CC(F)(F)C1)C1=CC(C(NN(C)c2ccccc2)=C(C)C=NC(N[C@H](CC)CCCCC)=C2CC2)=CN(C)C1=C. The van der Waals surface area contributed by atoms with Crippen LogP contribution < -0.4 is 21.1 Å². The second-order valence-corrected chi connectivity index (χ2v) is 12.3. The number of rotatable bonds is 16. The lowest BCUT2D eigenvalue weighted by atomic mass is 9.87. The molecule has 1 heterocycles. The molecule has 0 bridgehead atoms. The van der Waals surface area contributed by atoms with E-state index in [1.807, 2.05) is 72.8 Å². The highest BCUT2D eigenvalue weighted by Crippen LogP contribution is 2.39. The predicted octanol–water partition coefficient (Wildman–Crippen LogP) is 8.10. The molecule has 0 spiro atoms. The van der Waals surface area contributed by atoms with Gasteiger partial charge in [0.1, 0.15) is 5.82 Å². The van der Waals surface area contributed by atoms with E-state index in [4.69, 9.17) is 4.99 Å². The van der Waals surface area contributed by atoms with Gasteiger partial charge in [-0.3, -0.25) is 10.4 Å². The van der Waals surface area contributed by atoms with Gasteiger partial charge in [0.05, 0.1) is 11.4 Å². The molecule has 4 rings (SSSR count). The maximum absolute atomic E-state index is 13.5. The van der Waals surface area contributed by atoms with Crippen LogP contribution in [0.2, 0.25) is 0 Å². The quantitative estimate of drug-likeness (QED) is 0.101. The van der Waals surface area contributed by atoms with Gasteiger partial charge >= 0.3 is 0 Å². The lowest BCUT2D eigenvalue weighted by Crippen LogP contribution is -2.48. The number of unbranched alkanes of at least 4 members (excludes halogenated alkanes) is 2. The molecular formula is C36H50F2N6. The summed E-state index contributed by atoms with van der Waals surface area (Å²) in [5, 5.41) is 8.93. The van der Waals surface area contributed by atoms with Crippen molar-refractivity contribution in [1.82, 2.24) is 21.0 Å². The van der Waals surface area contributed by atoms with Gasteiger partial charge in [-0.05, 0) is 62.0 Å². The number of hydrogen-bond acceptors (Lipinski definition) is 6. The molecule has 0 unspecified atom stereocenters. The van der Waals surface area contributed by atoms with Crippen molar-refractivity contribution in [3.05, 3.63) is 101 Å². The topological polar surface area (TPSA) is 54.9 Å². The van der Waals surface area contributed by atoms with Crippen molar-refractivity contribution in [2.75, 3.05) is 19.1 Å². The fourth-order valence-corrected chi connectivity index (χ4v) is 5.47. The molecule has 2 saturated carbocycles. The average molecular weight is 605 g/mol. The van der Waals surface area contributed by atoms with Crippen LogP contribution in [0.25, 0.3) is 0 Å². The van der Waals surface area contributed by atoms with E-state index in [-0.39, 0.29) is 18.9 Å². The van der Waals surface area contributed by atoms with Gasteiger partial charge in [0.15, 0.2) is 0 Å². The van der Waals surface area contributed by atoms with Gasteiger partial charge in [0.2, 0.25) is 0 Å². The predicted molar refractivity (Wildman–Crippen MR) is 180 cm³/mol. The van der Waals surface area contributed by atoms with Crippen molar-refractivity contribution in [2.45, 2.75) is 96.6 Å². The molecule has 44 heavy (non-hydrogen) atoms. The van der Waals surface area contributed by atoms with Gasteiger partial charge in [-0.25, -0.2) is 13.8 Å². The number of aliphatic imine (C=N–C) groups is 1. The van der Waals surface area contributed by atoms with Gasteiger partial charge in [-0.2, -0.15) is 0 Å². The second kappa shape index (κ2) is 14.8. The van der Waals surface area contributed by atoms with Crippen LogP contribution >= 0.6 is 0 Å². The molecule has 8 heteroatoms. The Kier molecular flexibility index (Phi) is 11.1. The van der Waals surface area contributed by atoms with Crippen molar-refractivity contribution in [2.24, 2.45) is 4.99 Å². The zero-order valence-electron chi connectivity index (χ0n) is 27.1. The van der Waals surface area contributed by atoms with Crippen LogP contribution in [0.5, 0.6) is 0 Å². The molecule has 0 aromatic heterocycles. The molecule has 0 radical (unpaired) electrons. The first kappa shape index (κ1) is 33.1. The number of likely N-dealkylation sites (N-methyl/N-ethyl adjacent to an activating group) is 1. The highest BCUT2D eigenvalue weighted by Gasteiger charge is 2.45. The molecule has 3 aliphatic rings. The summed E-state index contributed by atoms with van der Waals surface area (Å²) < 4.78 is 27.0. The molecule has 2 aliphatic carbocycles. The monoisotopic (exact) mass is 604 g/mol. The van der Waals surface area contributed by atoms with Crippen LogP contribution in [-0.2, 0) is 0 Å². The molecular weight excluding hydrogens is 554 g/mol. The molecule has 238 valence electrons. The number of halogens is 2. The number of benzene rings is 1. The van der Waals surface area contributed by atoms with Gasteiger partial charge in [-0.15, -0.1) is 0 Å². The van der Waals surface area contributed by atoms with Crippen molar-refractivity contribution in [3.63, 3.8) is 0 Å². The molecule has 1 aromatic carbocycles. The Bertz CT molecular complexity index is 1340. The van der Waals surface area contributed by atoms with E-state index in [1.165, 1.54) is 24.8 Å². The first-order chi connectivity index (χ1) is 21.0. The van der Waals surface area contributed by atoms with Crippen LogP contribution in [0.4, 0.5) is 14.5 Å². The Morgan fingerprint density at radius 3 is 2.50 bits per heavy atom. The van der Waals surface area contributed by atoms with Crippen molar-refractivity contribution >= 4 is 11.9 Å². The Labute approximate surface area is 263 Å². The maximum Gasteiger partial charge on any atom is 0.252 e. The molecule has 1 aromatic rings. The van der Waals surface area contributed by atoms with Gasteiger partial charge < -0.3 is 15.5 Å². The molecule has 0 amide bonds. The Hall–Kier alpha value is -3.81. The number of para-hydroxylation sites is 1. The largest absolute Gasteiger partial charge is 0.382 e. The second-order valence-electron chi connectivity index (χ2n) is 12.3. The van der Waals surface area contributed by atoms with E-state index in [0.717, 1.165) is 65.3 Å². The van der Waals surface area contributed by atoms with Crippen LogP contribution in [-0.4, -0.2) is 43.2 Å². The van der Waals surface area contributed by atoms with Crippen LogP contribution in [0.3, 0.4) is 0 Å². The summed E-state index contributed by atoms with van der Waals surface area (Å²) in [6.45, 7) is 15.0. The molecule has 3 N–H and O–H groups in total. The van der Waals surface area contributed by atoms with Gasteiger partial charge in [-0.1, -0.05) is 64.5 Å². The Morgan fingerprint density at radius 2 is 1.89 bits per heavy atom. The lowest BCUT2D eigenvalue weighted by Gasteiger charge is -2.38. The summed E-state index contributed by atoms with van der Waals surface area (Å²) in [4.78, 5) is 6.95. The van der Waals surface area contributed by atoms with Crippen LogP contribution in [0, 0.1) is 0 Å². The zero-order chi connectivity index (χ0) is 31.9. The van der Waals surface area contributed by atoms with E-state index in [2.05, 4.69) is 50.0 Å². The number of anilines is 1. The molecule has 6 nitrogen and oxygen atoms in total. The molecule has 1 atom stereocenters. The van der Waals surface area contributed by atoms with Crippen molar-refractivity contribution in [1.29, 1.82) is 0 Å². The summed E-state index contributed by atoms with van der Waals surface area (Å²) >= 11 is 0. The van der Waals surface area contributed by atoms with Crippen LogP contribution in [0.15, 0.2) is 106 Å². The summed E-state index contributed by atoms with van der Waals surface area (Å²) in [6.07, 6.45) is 13.7. The van der Waals surface area contributed by atoms with E-state index in [9.17, 15) is 8.78 Å². The smallest absolute Gasteiger partial charge is 0.252 e. The van der Waals surface area contributed by atoms with E-state index in [0.29, 0.717) is 11.7 Å². The third-order valence-corrected chi connectivity index (χ3v) is 8.48. The number of hydrogen-bond donors (Lipinski definition) is 3. The minimum Gasteiger partial charge on any atom is -0.382 e. The third kappa shape index (κ3) is 8.87. The number of nitrogens with zero attached hydrogens (tertiary/aromatic N) is 3. The van der Waals surface area contributed by atoms with E-state index < -0.39 is 5.92 Å². The van der Waals surface area contributed by atoms with Crippen LogP contribution in [0.1, 0.15) is 78.6 Å². The fourth-order valence-electron chi connectivity index (χ4n) is 5.47. The number of nitrogens with one attached hydrogen (secondary N) is 3. The highest BCUT2D eigenvalue weighted by molar-refractivity contribution is 5.82. The Morgan fingerprint density at radius 1 is 1.18 bits per heavy atom. The average Bonchev–Trinajstić information content (AvgIpc) is 3.83. The van der Waals surface area contributed by atoms with E-state index >= 15 is 0 Å². The summed E-state index contributed by atoms with van der Waals surface area (Å²) in [5.41, 5.74) is 10.8. The number of allylic oxidation sites excluding steroid dienone is 3. The first-order valence-electron chi connectivity index (χ1n) is 16.0. The molecule has 1 aliphatic heterocycles. The van der Waals surface area contributed by atoms with E-state index in [1.54, 1.807) is 0 Å². The standard InChI is InChI=1S/C36H50F2N6/c1-8-10-12-15-30(9-2)41-35(28-18-19-28)39-23-25(3)34(42-44(7)32-16-13-11-14-17-32)29-20-33(27(5)43(6)24-29)26(4)40-31-21-36(37,38)22-31/h11,13-14,16-17,20,23-24,30-31,40-42H,4-5,8-10,12,15,18-19,21-22H2,1-3,6-7H3/t30-/m1/s1. The lowest BCUT2D eigenvalue weighted by molar-refractivity contribution is -0.0903. The van der Waals surface area contributed by atoms with Crippen molar-refractivity contribution < 1.29 is 8.78 Å². The highest BCUT2D eigenvalue weighted by atomic mass is 19.3. The van der Waals surface area contributed by atoms with Gasteiger partial charge in [0, 0.05) is 74.0 Å². The summed E-state index contributed by atoms with van der Waals surface area (Å²) in [5.74, 6) is -1.61. The normalized spacial score (nSPS) is 19.0. The van der Waals surface area contributed by atoms with Gasteiger partial charge in [0.25, 0.3) is 5.92 Å². The minimum atomic E-state index is -2.60. The third-order valence-electron chi connectivity index (χ3n) is 8.48. The first-order valence-corrected chi connectivity index (χ1v) is 16.0. The molecule has 2 fully saturated rings. The minimum absolute atomic E-state index is 0.183. The summed E-state index contributed by atoms with van der Waals surface area (Å²) in [7, 11) is 3.92. The number of alkyl halides is 2. The van der Waals surface area contributed by atoms with Crippen molar-refractivity contribution in [3.8, 4) is 0 Å². The molecule has 0 saturated heterocycles. The zero-order valence-corrected chi connectivity index (χ0v) is 27.1. The Balaban J connectivity index is 1.63.